The lowest BCUT2D eigenvalue weighted by molar-refractivity contribution is -0.134. The van der Waals surface area contributed by atoms with Gasteiger partial charge in [-0.1, -0.05) is 55.4 Å². The van der Waals surface area contributed by atoms with Crippen LogP contribution in [-0.2, 0) is 17.8 Å². The van der Waals surface area contributed by atoms with Gasteiger partial charge in [-0.25, -0.2) is 0 Å². The van der Waals surface area contributed by atoms with Crippen molar-refractivity contribution >= 4 is 11.9 Å². The van der Waals surface area contributed by atoms with Gasteiger partial charge >= 0.3 is 5.97 Å². The Hall–Kier alpha value is -3.48. The van der Waals surface area contributed by atoms with Crippen LogP contribution in [0.5, 0.6) is 5.75 Å². The highest BCUT2D eigenvalue weighted by atomic mass is 16.5. The van der Waals surface area contributed by atoms with Crippen LogP contribution < -0.4 is 10.1 Å². The van der Waals surface area contributed by atoms with Crippen LogP contribution in [0.1, 0.15) is 60.2 Å². The summed E-state index contributed by atoms with van der Waals surface area (Å²) >= 11 is 0. The van der Waals surface area contributed by atoms with Crippen molar-refractivity contribution in [2.75, 3.05) is 0 Å². The summed E-state index contributed by atoms with van der Waals surface area (Å²) in [5, 5.41) is 6.76. The molecule has 0 aliphatic carbocycles. The van der Waals surface area contributed by atoms with Gasteiger partial charge in [-0.2, -0.15) is 4.98 Å². The topological polar surface area (TPSA) is 94.3 Å². The molecule has 7 heteroatoms. The molecule has 30 heavy (non-hydrogen) atoms. The van der Waals surface area contributed by atoms with Crippen molar-refractivity contribution in [3.8, 4) is 5.75 Å². The highest BCUT2D eigenvalue weighted by Crippen LogP contribution is 2.16. The maximum atomic E-state index is 12.4. The number of esters is 1. The van der Waals surface area contributed by atoms with Crippen molar-refractivity contribution in [1.82, 2.24) is 15.5 Å². The predicted molar refractivity (Wildman–Crippen MR) is 111 cm³/mol. The monoisotopic (exact) mass is 407 g/mol. The van der Waals surface area contributed by atoms with Crippen LogP contribution in [-0.4, -0.2) is 22.0 Å². The van der Waals surface area contributed by atoms with Crippen LogP contribution in [0, 0.1) is 0 Å². The first-order valence-electron chi connectivity index (χ1n) is 9.96. The lowest BCUT2D eigenvalue weighted by Crippen LogP contribution is -2.22. The lowest BCUT2D eigenvalue weighted by atomic mass is 10.2. The second-order valence-corrected chi connectivity index (χ2v) is 7.22. The summed E-state index contributed by atoms with van der Waals surface area (Å²) in [6.45, 7) is 4.40. The van der Waals surface area contributed by atoms with Gasteiger partial charge in [0.15, 0.2) is 5.82 Å². The number of hydrogen-bond donors (Lipinski definition) is 1. The lowest BCUT2D eigenvalue weighted by Gasteiger charge is -2.08. The van der Waals surface area contributed by atoms with Gasteiger partial charge in [0.1, 0.15) is 5.75 Å². The highest BCUT2D eigenvalue weighted by Gasteiger charge is 2.12. The van der Waals surface area contributed by atoms with Crippen LogP contribution in [0.15, 0.2) is 59.1 Å². The first kappa shape index (κ1) is 21.2. The molecular formula is C23H25N3O4. The van der Waals surface area contributed by atoms with E-state index in [1.165, 1.54) is 0 Å². The molecule has 0 fully saturated rings. The minimum absolute atomic E-state index is 0.199. The maximum absolute atomic E-state index is 12.4. The molecule has 7 nitrogen and oxygen atoms in total. The van der Waals surface area contributed by atoms with Gasteiger partial charge in [-0.3, -0.25) is 9.59 Å². The molecule has 0 saturated carbocycles. The number of hydrogen-bond acceptors (Lipinski definition) is 6. The highest BCUT2D eigenvalue weighted by molar-refractivity contribution is 5.94. The Bertz CT molecular complexity index is 983. The van der Waals surface area contributed by atoms with E-state index in [1.807, 2.05) is 44.2 Å². The smallest absolute Gasteiger partial charge is 0.311 e. The minimum atomic E-state index is -0.375. The third kappa shape index (κ3) is 6.27. The van der Waals surface area contributed by atoms with Crippen LogP contribution in [0.25, 0.3) is 0 Å². The normalized spacial score (nSPS) is 10.8. The standard InChI is InChI=1S/C23H25N3O4/c1-16(2)22-25-20(30-26-22)12-7-13-21(27)29-19-11-6-10-18(14-19)23(28)24-15-17-8-4-3-5-9-17/h3-6,8-11,14,16H,7,12-13,15H2,1-2H3,(H,24,28). The van der Waals surface area contributed by atoms with Crippen molar-refractivity contribution < 1.29 is 18.8 Å². The molecule has 1 amide bonds. The summed E-state index contributed by atoms with van der Waals surface area (Å²) in [6.07, 6.45) is 1.26. The molecule has 3 rings (SSSR count). The van der Waals surface area contributed by atoms with Crippen LogP contribution >= 0.6 is 0 Å². The van der Waals surface area contributed by atoms with E-state index < -0.39 is 0 Å². The van der Waals surface area contributed by atoms with Gasteiger partial charge in [0.05, 0.1) is 0 Å². The molecule has 0 atom stereocenters. The summed E-state index contributed by atoms with van der Waals surface area (Å²) in [4.78, 5) is 28.8. The molecule has 1 heterocycles. The number of amides is 1. The second-order valence-electron chi connectivity index (χ2n) is 7.22. The Morgan fingerprint density at radius 1 is 1.10 bits per heavy atom. The van der Waals surface area contributed by atoms with E-state index in [2.05, 4.69) is 15.5 Å². The van der Waals surface area contributed by atoms with E-state index >= 15 is 0 Å². The average Bonchev–Trinajstić information content (AvgIpc) is 3.22. The largest absolute Gasteiger partial charge is 0.427 e. The first-order chi connectivity index (χ1) is 14.5. The van der Waals surface area contributed by atoms with E-state index in [0.717, 1.165) is 5.56 Å². The fourth-order valence-electron chi connectivity index (χ4n) is 2.75. The summed E-state index contributed by atoms with van der Waals surface area (Å²) in [5.74, 6) is 1.12. The summed E-state index contributed by atoms with van der Waals surface area (Å²) < 4.78 is 10.5. The van der Waals surface area contributed by atoms with E-state index in [9.17, 15) is 9.59 Å². The molecule has 0 aliphatic heterocycles. The number of rotatable bonds is 9. The Morgan fingerprint density at radius 2 is 1.90 bits per heavy atom. The molecule has 0 saturated heterocycles. The number of benzene rings is 2. The quantitative estimate of drug-likeness (QED) is 0.425. The third-order valence-electron chi connectivity index (χ3n) is 4.40. The maximum Gasteiger partial charge on any atom is 0.311 e. The van der Waals surface area contributed by atoms with E-state index in [0.29, 0.717) is 42.4 Å². The number of nitrogens with zero attached hydrogens (tertiary/aromatic N) is 2. The van der Waals surface area contributed by atoms with Crippen molar-refractivity contribution in [3.63, 3.8) is 0 Å². The van der Waals surface area contributed by atoms with E-state index in [1.54, 1.807) is 24.3 Å². The van der Waals surface area contributed by atoms with Crippen LogP contribution in [0.4, 0.5) is 0 Å². The molecule has 0 spiro atoms. The Balaban J connectivity index is 1.46. The molecule has 2 aromatic carbocycles. The van der Waals surface area contributed by atoms with Crippen molar-refractivity contribution in [2.45, 2.75) is 45.6 Å². The number of nitrogens with one attached hydrogen (secondary N) is 1. The molecule has 0 aliphatic rings. The molecule has 156 valence electrons. The molecule has 0 bridgehead atoms. The number of ether oxygens (including phenoxy) is 1. The predicted octanol–water partition coefficient (Wildman–Crippen LogP) is 4.05. The van der Waals surface area contributed by atoms with Crippen molar-refractivity contribution in [2.24, 2.45) is 0 Å². The summed E-state index contributed by atoms with van der Waals surface area (Å²) in [6, 6.07) is 16.2. The molecule has 0 radical (unpaired) electrons. The molecular weight excluding hydrogens is 382 g/mol. The van der Waals surface area contributed by atoms with Gasteiger partial charge in [-0.05, 0) is 30.2 Å². The average molecular weight is 407 g/mol. The number of carbonyl (C=O) groups is 2. The van der Waals surface area contributed by atoms with E-state index in [4.69, 9.17) is 9.26 Å². The zero-order chi connectivity index (χ0) is 21.3. The van der Waals surface area contributed by atoms with E-state index in [-0.39, 0.29) is 24.2 Å². The zero-order valence-electron chi connectivity index (χ0n) is 17.1. The minimum Gasteiger partial charge on any atom is -0.427 e. The van der Waals surface area contributed by atoms with Gasteiger partial charge in [0.25, 0.3) is 5.91 Å². The van der Waals surface area contributed by atoms with Gasteiger partial charge in [0, 0.05) is 30.9 Å². The van der Waals surface area contributed by atoms with Crippen LogP contribution in [0.3, 0.4) is 0 Å². The molecule has 0 unspecified atom stereocenters. The zero-order valence-corrected chi connectivity index (χ0v) is 17.1. The number of carbonyl (C=O) groups excluding carboxylic acids is 2. The van der Waals surface area contributed by atoms with Crippen LogP contribution in [0.2, 0.25) is 0 Å². The molecule has 3 aromatic rings. The van der Waals surface area contributed by atoms with Gasteiger partial charge < -0.3 is 14.6 Å². The number of aryl methyl sites for hydroxylation is 1. The Morgan fingerprint density at radius 3 is 2.63 bits per heavy atom. The second kappa shape index (κ2) is 10.3. The number of aromatic nitrogens is 2. The third-order valence-corrected chi connectivity index (χ3v) is 4.40. The first-order valence-corrected chi connectivity index (χ1v) is 9.96. The van der Waals surface area contributed by atoms with Gasteiger partial charge in [-0.15, -0.1) is 0 Å². The Labute approximate surface area is 175 Å². The van der Waals surface area contributed by atoms with Crippen molar-refractivity contribution in [1.29, 1.82) is 0 Å². The van der Waals surface area contributed by atoms with Gasteiger partial charge in [0.2, 0.25) is 5.89 Å². The fourth-order valence-corrected chi connectivity index (χ4v) is 2.75. The molecule has 1 N–H and O–H groups in total. The fraction of sp³-hybridized carbons (Fsp3) is 0.304. The summed E-state index contributed by atoms with van der Waals surface area (Å²) in [5.41, 5.74) is 1.44. The van der Waals surface area contributed by atoms with Crippen molar-refractivity contribution in [3.05, 3.63) is 77.4 Å². The SMILES string of the molecule is CC(C)c1noc(CCCC(=O)Oc2cccc(C(=O)NCc3ccccc3)c2)n1. The summed E-state index contributed by atoms with van der Waals surface area (Å²) in [7, 11) is 0. The molecule has 1 aromatic heterocycles. The Kier molecular flexibility index (Phi) is 7.32.